The molecule has 1 aromatic carbocycles. The van der Waals surface area contributed by atoms with E-state index in [0.29, 0.717) is 25.4 Å². The monoisotopic (exact) mass is 282 g/mol. The molecular formula is C15H23FN2O2. The smallest absolute Gasteiger partial charge is 0.126 e. The predicted octanol–water partition coefficient (Wildman–Crippen LogP) is 2.22. The largest absolute Gasteiger partial charge is 0.381 e. The summed E-state index contributed by atoms with van der Waals surface area (Å²) in [6, 6.07) is 4.90. The van der Waals surface area contributed by atoms with Crippen molar-refractivity contribution < 1.29 is 13.9 Å². The van der Waals surface area contributed by atoms with Crippen LogP contribution >= 0.6 is 0 Å². The van der Waals surface area contributed by atoms with E-state index in [2.05, 4.69) is 5.43 Å². The van der Waals surface area contributed by atoms with Gasteiger partial charge in [-0.25, -0.2) is 4.39 Å². The number of nitrogens with one attached hydrogen (secondary N) is 1. The summed E-state index contributed by atoms with van der Waals surface area (Å²) in [5.74, 6) is 5.57. The minimum atomic E-state index is -0.397. The summed E-state index contributed by atoms with van der Waals surface area (Å²) >= 11 is 0. The van der Waals surface area contributed by atoms with Gasteiger partial charge in [-0.05, 0) is 31.0 Å². The van der Waals surface area contributed by atoms with Crippen molar-refractivity contribution in [2.75, 3.05) is 19.8 Å². The molecule has 4 nitrogen and oxygen atoms in total. The van der Waals surface area contributed by atoms with Crippen LogP contribution in [0.4, 0.5) is 4.39 Å². The van der Waals surface area contributed by atoms with Crippen molar-refractivity contribution in [3.05, 3.63) is 35.1 Å². The Morgan fingerprint density at radius 1 is 1.45 bits per heavy atom. The third-order valence-electron chi connectivity index (χ3n) is 3.98. The normalized spacial score (nSPS) is 19.8. The van der Waals surface area contributed by atoms with Crippen LogP contribution in [-0.2, 0) is 9.47 Å². The number of hydrogen-bond donors (Lipinski definition) is 2. The average molecular weight is 282 g/mol. The molecule has 112 valence electrons. The van der Waals surface area contributed by atoms with Gasteiger partial charge in [0.05, 0.1) is 11.6 Å². The van der Waals surface area contributed by atoms with Crippen LogP contribution in [0.3, 0.4) is 0 Å². The number of hydrogen-bond acceptors (Lipinski definition) is 4. The molecule has 1 unspecified atom stereocenters. The van der Waals surface area contributed by atoms with E-state index in [1.54, 1.807) is 13.0 Å². The number of halogens is 1. The topological polar surface area (TPSA) is 56.5 Å². The van der Waals surface area contributed by atoms with Crippen LogP contribution in [0.15, 0.2) is 18.2 Å². The van der Waals surface area contributed by atoms with Gasteiger partial charge >= 0.3 is 0 Å². The van der Waals surface area contributed by atoms with Crippen LogP contribution in [0.25, 0.3) is 0 Å². The number of rotatable bonds is 5. The molecule has 0 aromatic heterocycles. The van der Waals surface area contributed by atoms with Crippen molar-refractivity contribution in [1.82, 2.24) is 5.43 Å². The molecule has 1 heterocycles. The van der Waals surface area contributed by atoms with Gasteiger partial charge < -0.3 is 9.47 Å². The van der Waals surface area contributed by atoms with E-state index < -0.39 is 5.60 Å². The van der Waals surface area contributed by atoms with Crippen molar-refractivity contribution in [3.8, 4) is 0 Å². The predicted molar refractivity (Wildman–Crippen MR) is 75.6 cm³/mol. The highest BCUT2D eigenvalue weighted by Gasteiger charge is 2.41. The molecule has 1 saturated heterocycles. The highest BCUT2D eigenvalue weighted by molar-refractivity contribution is 5.28. The maximum atomic E-state index is 13.4. The van der Waals surface area contributed by atoms with Crippen LogP contribution in [0.5, 0.6) is 0 Å². The SMILES string of the molecule is CCOC1(C(NN)c2ccc(F)c(C)c2)CCOCC1. The Bertz CT molecular complexity index is 442. The van der Waals surface area contributed by atoms with Gasteiger partial charge in [-0.15, -0.1) is 0 Å². The van der Waals surface area contributed by atoms with Gasteiger partial charge in [0.2, 0.25) is 0 Å². The highest BCUT2D eigenvalue weighted by Crippen LogP contribution is 2.37. The summed E-state index contributed by atoms with van der Waals surface area (Å²) < 4.78 is 24.9. The van der Waals surface area contributed by atoms with E-state index in [0.717, 1.165) is 18.4 Å². The number of ether oxygens (including phenoxy) is 2. The van der Waals surface area contributed by atoms with Gasteiger partial charge in [-0.3, -0.25) is 11.3 Å². The summed E-state index contributed by atoms with van der Waals surface area (Å²) in [7, 11) is 0. The molecule has 0 saturated carbocycles. The first-order valence-electron chi connectivity index (χ1n) is 7.07. The van der Waals surface area contributed by atoms with Crippen molar-refractivity contribution in [3.63, 3.8) is 0 Å². The molecule has 3 N–H and O–H groups in total. The van der Waals surface area contributed by atoms with Crippen molar-refractivity contribution in [1.29, 1.82) is 0 Å². The Hall–Kier alpha value is -1.01. The van der Waals surface area contributed by atoms with E-state index in [-0.39, 0.29) is 11.9 Å². The van der Waals surface area contributed by atoms with Crippen LogP contribution in [0.1, 0.15) is 36.9 Å². The highest BCUT2D eigenvalue weighted by atomic mass is 19.1. The molecule has 1 fully saturated rings. The molecule has 1 aliphatic heterocycles. The number of aryl methyl sites for hydroxylation is 1. The van der Waals surface area contributed by atoms with Crippen molar-refractivity contribution in [2.45, 2.75) is 38.3 Å². The maximum Gasteiger partial charge on any atom is 0.126 e. The fraction of sp³-hybridized carbons (Fsp3) is 0.600. The third kappa shape index (κ3) is 3.01. The molecule has 0 aliphatic carbocycles. The van der Waals surface area contributed by atoms with Crippen LogP contribution in [0.2, 0.25) is 0 Å². The summed E-state index contributed by atoms with van der Waals surface area (Å²) in [5, 5.41) is 0. The Kier molecular flexibility index (Phi) is 5.10. The first kappa shape index (κ1) is 15.4. The lowest BCUT2D eigenvalue weighted by Gasteiger charge is -2.43. The molecule has 0 radical (unpaired) electrons. The summed E-state index contributed by atoms with van der Waals surface area (Å²) in [4.78, 5) is 0. The van der Waals surface area contributed by atoms with Crippen LogP contribution in [-0.4, -0.2) is 25.4 Å². The lowest BCUT2D eigenvalue weighted by atomic mass is 9.82. The lowest BCUT2D eigenvalue weighted by Crippen LogP contribution is -2.51. The van der Waals surface area contributed by atoms with E-state index in [1.807, 2.05) is 13.0 Å². The Morgan fingerprint density at radius 2 is 2.15 bits per heavy atom. The Morgan fingerprint density at radius 3 is 2.70 bits per heavy atom. The average Bonchev–Trinajstić information content (AvgIpc) is 2.45. The second-order valence-corrected chi connectivity index (χ2v) is 5.22. The second-order valence-electron chi connectivity index (χ2n) is 5.22. The van der Waals surface area contributed by atoms with Crippen molar-refractivity contribution in [2.24, 2.45) is 5.84 Å². The molecule has 1 aliphatic rings. The van der Waals surface area contributed by atoms with Gasteiger partial charge in [0.25, 0.3) is 0 Å². The van der Waals surface area contributed by atoms with E-state index in [4.69, 9.17) is 15.3 Å². The van der Waals surface area contributed by atoms with Gasteiger partial charge in [-0.2, -0.15) is 0 Å². The first-order valence-corrected chi connectivity index (χ1v) is 7.07. The fourth-order valence-corrected chi connectivity index (χ4v) is 2.92. The number of benzene rings is 1. The standard InChI is InChI=1S/C15H23FN2O2/c1-3-20-15(6-8-19-9-7-15)14(18-17)12-4-5-13(16)11(2)10-12/h4-5,10,14,18H,3,6-9,17H2,1-2H3. The molecular weight excluding hydrogens is 259 g/mol. The van der Waals surface area contributed by atoms with Gasteiger partial charge in [-0.1, -0.05) is 12.1 Å². The molecule has 0 bridgehead atoms. The van der Waals surface area contributed by atoms with Gasteiger partial charge in [0.1, 0.15) is 5.82 Å². The maximum absolute atomic E-state index is 13.4. The lowest BCUT2D eigenvalue weighted by molar-refractivity contribution is -0.128. The quantitative estimate of drug-likeness (QED) is 0.642. The molecule has 0 amide bonds. The molecule has 0 spiro atoms. The van der Waals surface area contributed by atoms with Crippen molar-refractivity contribution >= 4 is 0 Å². The van der Waals surface area contributed by atoms with E-state index in [1.165, 1.54) is 6.07 Å². The molecule has 20 heavy (non-hydrogen) atoms. The zero-order valence-corrected chi connectivity index (χ0v) is 12.1. The zero-order valence-electron chi connectivity index (χ0n) is 12.1. The first-order chi connectivity index (χ1) is 9.63. The van der Waals surface area contributed by atoms with Crippen LogP contribution < -0.4 is 11.3 Å². The summed E-state index contributed by atoms with van der Waals surface area (Å²) in [5.41, 5.74) is 4.02. The molecule has 5 heteroatoms. The van der Waals surface area contributed by atoms with Crippen LogP contribution in [0, 0.1) is 12.7 Å². The Balaban J connectivity index is 2.34. The molecule has 2 rings (SSSR count). The minimum Gasteiger partial charge on any atom is -0.381 e. The fourth-order valence-electron chi connectivity index (χ4n) is 2.92. The van der Waals surface area contributed by atoms with Gasteiger partial charge in [0.15, 0.2) is 0 Å². The third-order valence-corrected chi connectivity index (χ3v) is 3.98. The summed E-state index contributed by atoms with van der Waals surface area (Å²) in [6.45, 7) is 5.64. The minimum absolute atomic E-state index is 0.175. The second kappa shape index (κ2) is 6.63. The van der Waals surface area contributed by atoms with E-state index >= 15 is 0 Å². The Labute approximate surface area is 119 Å². The number of hydrazine groups is 1. The van der Waals surface area contributed by atoms with Gasteiger partial charge in [0, 0.05) is 32.7 Å². The zero-order chi connectivity index (χ0) is 14.6. The summed E-state index contributed by atoms with van der Waals surface area (Å²) in [6.07, 6.45) is 1.54. The number of nitrogens with two attached hydrogens (primary N) is 1. The van der Waals surface area contributed by atoms with E-state index in [9.17, 15) is 4.39 Å². The molecule has 1 aromatic rings. The molecule has 1 atom stereocenters.